The molecule has 0 aromatic heterocycles. The van der Waals surface area contributed by atoms with Crippen LogP contribution >= 0.6 is 20.8 Å². The molecule has 1 N–H and O–H groups in total. The van der Waals surface area contributed by atoms with E-state index in [1.807, 2.05) is 0 Å². The quantitative estimate of drug-likeness (QED) is 0.159. The van der Waals surface area contributed by atoms with Crippen LogP contribution in [0.4, 0.5) is 0 Å². The summed E-state index contributed by atoms with van der Waals surface area (Å²) in [5.74, 6) is 0. The summed E-state index contributed by atoms with van der Waals surface area (Å²) in [5.41, 5.74) is 0. The maximum atomic E-state index is 8.88. The van der Waals surface area contributed by atoms with Crippen molar-refractivity contribution in [3.8, 4) is 0 Å². The van der Waals surface area contributed by atoms with Crippen molar-refractivity contribution in [3.05, 3.63) is 91.0 Å². The Labute approximate surface area is 209 Å². The molecule has 0 aliphatic rings. The third-order valence-corrected chi connectivity index (χ3v) is 16.9. The van der Waals surface area contributed by atoms with Crippen LogP contribution in [0, 0.1) is 0 Å². The molecule has 3 heteroatoms. The van der Waals surface area contributed by atoms with Gasteiger partial charge < -0.3 is 5.11 Å². The molecule has 0 atom stereocenters. The number of benzene rings is 3. The summed E-state index contributed by atoms with van der Waals surface area (Å²) in [4.78, 5) is 0. The molecule has 0 radical (unpaired) electrons. The molecule has 0 saturated carbocycles. The Morgan fingerprint density at radius 2 is 0.758 bits per heavy atom. The van der Waals surface area contributed by atoms with Crippen molar-refractivity contribution in [2.75, 3.05) is 12.8 Å². The van der Waals surface area contributed by atoms with Gasteiger partial charge in [0, 0.05) is 0 Å². The normalized spacial score (nSPS) is 12.8. The zero-order valence-corrected chi connectivity index (χ0v) is 22.4. The van der Waals surface area contributed by atoms with Gasteiger partial charge in [0.25, 0.3) is 0 Å². The topological polar surface area (TPSA) is 20.2 Å². The number of halogens is 1. The Hall–Kier alpha value is -1.47. The Morgan fingerprint density at radius 1 is 0.455 bits per heavy atom. The number of hydrogen-bond donors (Lipinski definition) is 1. The van der Waals surface area contributed by atoms with Crippen LogP contribution in [-0.2, 0) is 0 Å². The van der Waals surface area contributed by atoms with Crippen LogP contribution in [-0.4, -0.2) is 17.9 Å². The van der Waals surface area contributed by atoms with E-state index in [1.165, 1.54) is 73.7 Å². The van der Waals surface area contributed by atoms with Crippen molar-refractivity contribution in [2.24, 2.45) is 0 Å². The van der Waals surface area contributed by atoms with E-state index >= 15 is 0 Å². The molecule has 0 fully saturated rings. The monoisotopic (exact) mass is 526 g/mol. The predicted octanol–water partition coefficient (Wildman–Crippen LogP) is 7.72. The molecular weight excluding hydrogens is 487 g/mol. The van der Waals surface area contributed by atoms with E-state index in [9.17, 15) is 0 Å². The SMILES string of the molecule is OCCCCCCCCCCCCP(Br)(c1ccccc1)(c1ccccc1)c1ccccc1. The van der Waals surface area contributed by atoms with Crippen molar-refractivity contribution in [1.82, 2.24) is 0 Å². The summed E-state index contributed by atoms with van der Waals surface area (Å²) in [6.07, 6.45) is 13.7. The van der Waals surface area contributed by atoms with Gasteiger partial charge in [-0.25, -0.2) is 0 Å². The fraction of sp³-hybridized carbons (Fsp3) is 0.400. The maximum absolute atomic E-state index is 8.88. The standard InChI is InChI=1S/C30H40BrOP/c31-33(28-20-12-9-13-21-28,29-22-14-10-15-23-29,30-24-16-11-17-25-30)27-19-8-6-4-2-1-3-5-7-18-26-32/h9-17,20-25,32H,1-8,18-19,26-27H2. The Kier molecular flexibility index (Phi) is 10.6. The Balaban J connectivity index is 1.72. The molecule has 0 aliphatic carbocycles. The van der Waals surface area contributed by atoms with E-state index in [1.54, 1.807) is 0 Å². The first-order valence-electron chi connectivity index (χ1n) is 12.7. The zero-order valence-electron chi connectivity index (χ0n) is 19.9. The molecule has 0 bridgehead atoms. The van der Waals surface area contributed by atoms with Gasteiger partial charge in [0.1, 0.15) is 0 Å². The number of rotatable bonds is 15. The van der Waals surface area contributed by atoms with Crippen LogP contribution in [0.15, 0.2) is 91.0 Å². The van der Waals surface area contributed by atoms with Crippen molar-refractivity contribution in [2.45, 2.75) is 64.2 Å². The second kappa shape index (κ2) is 13.4. The summed E-state index contributed by atoms with van der Waals surface area (Å²) < 4.78 is 0. The van der Waals surface area contributed by atoms with Crippen LogP contribution in [0.25, 0.3) is 0 Å². The minimum absolute atomic E-state index is 0.341. The zero-order chi connectivity index (χ0) is 23.3. The van der Waals surface area contributed by atoms with Gasteiger partial charge in [0.05, 0.1) is 0 Å². The fourth-order valence-corrected chi connectivity index (χ4v) is 12.7. The molecule has 0 saturated heterocycles. The Bertz CT molecular complexity index is 814. The minimum atomic E-state index is -2.74. The fourth-order valence-electron chi connectivity index (χ4n) is 4.99. The van der Waals surface area contributed by atoms with E-state index < -0.39 is 5.31 Å². The first-order valence-corrected chi connectivity index (χ1v) is 17.1. The molecule has 3 aromatic rings. The number of aliphatic hydroxyl groups is 1. The number of aliphatic hydroxyl groups excluding tert-OH is 1. The van der Waals surface area contributed by atoms with Crippen molar-refractivity contribution in [3.63, 3.8) is 0 Å². The number of hydrogen-bond acceptors (Lipinski definition) is 1. The van der Waals surface area contributed by atoms with Crippen molar-refractivity contribution in [1.29, 1.82) is 0 Å². The third-order valence-electron chi connectivity index (χ3n) is 6.87. The van der Waals surface area contributed by atoms with Gasteiger partial charge in [0.15, 0.2) is 0 Å². The third kappa shape index (κ3) is 6.56. The molecule has 0 heterocycles. The summed E-state index contributed by atoms with van der Waals surface area (Å²) in [6.45, 7) is 0.341. The summed E-state index contributed by atoms with van der Waals surface area (Å²) >= 11 is 4.55. The first-order chi connectivity index (χ1) is 16.2. The molecule has 0 aliphatic heterocycles. The van der Waals surface area contributed by atoms with Crippen LogP contribution < -0.4 is 15.9 Å². The second-order valence-corrected chi connectivity index (χ2v) is 18.2. The van der Waals surface area contributed by atoms with Crippen molar-refractivity contribution < 1.29 is 5.11 Å². The van der Waals surface area contributed by atoms with E-state index in [0.717, 1.165) is 12.6 Å². The van der Waals surface area contributed by atoms with Crippen molar-refractivity contribution >= 4 is 36.7 Å². The first kappa shape index (κ1) is 26.1. The molecule has 3 rings (SSSR count). The summed E-state index contributed by atoms with van der Waals surface area (Å²) in [5, 5.41) is 10.4. The Morgan fingerprint density at radius 3 is 1.09 bits per heavy atom. The second-order valence-electron chi connectivity index (χ2n) is 9.17. The van der Waals surface area contributed by atoms with Gasteiger partial charge in [-0.05, 0) is 0 Å². The van der Waals surface area contributed by atoms with E-state index in [4.69, 9.17) is 5.11 Å². The van der Waals surface area contributed by atoms with E-state index in [2.05, 4.69) is 106 Å². The van der Waals surface area contributed by atoms with Gasteiger partial charge in [0.2, 0.25) is 0 Å². The molecule has 3 aromatic carbocycles. The van der Waals surface area contributed by atoms with Gasteiger partial charge in [-0.1, -0.05) is 0 Å². The van der Waals surface area contributed by atoms with E-state index in [-0.39, 0.29) is 0 Å². The molecule has 0 amide bonds. The van der Waals surface area contributed by atoms with Gasteiger partial charge >= 0.3 is 205 Å². The van der Waals surface area contributed by atoms with Gasteiger partial charge in [-0.2, -0.15) is 0 Å². The summed E-state index contributed by atoms with van der Waals surface area (Å²) in [7, 11) is 0. The predicted molar refractivity (Wildman–Crippen MR) is 152 cm³/mol. The van der Waals surface area contributed by atoms with Gasteiger partial charge in [-0.3, -0.25) is 0 Å². The summed E-state index contributed by atoms with van der Waals surface area (Å²) in [6, 6.07) is 33.4. The molecule has 1 nitrogen and oxygen atoms in total. The average molecular weight is 528 g/mol. The van der Waals surface area contributed by atoms with Crippen LogP contribution in [0.1, 0.15) is 64.2 Å². The van der Waals surface area contributed by atoms with E-state index in [0.29, 0.717) is 6.61 Å². The van der Waals surface area contributed by atoms with Crippen LogP contribution in [0.2, 0.25) is 0 Å². The molecular formula is C30H40BrOP. The molecule has 33 heavy (non-hydrogen) atoms. The van der Waals surface area contributed by atoms with Crippen LogP contribution in [0.3, 0.4) is 0 Å². The van der Waals surface area contributed by atoms with Gasteiger partial charge in [-0.15, -0.1) is 0 Å². The van der Waals surface area contributed by atoms with Crippen LogP contribution in [0.5, 0.6) is 0 Å². The molecule has 0 spiro atoms. The molecule has 0 unspecified atom stereocenters. The number of unbranched alkanes of at least 4 members (excludes halogenated alkanes) is 9. The molecule has 178 valence electrons. The average Bonchev–Trinajstić information content (AvgIpc) is 2.89.